The van der Waals surface area contributed by atoms with Crippen LogP contribution in [-0.4, -0.2) is 36.2 Å². The average molecular weight is 435 g/mol. The Balaban J connectivity index is 1.43. The number of hydrogen-bond donors (Lipinski definition) is 1. The van der Waals surface area contributed by atoms with Gasteiger partial charge in [-0.1, -0.05) is 6.07 Å². The van der Waals surface area contributed by atoms with E-state index in [4.69, 9.17) is 4.74 Å². The minimum Gasteiger partial charge on any atom is -0.494 e. The Morgan fingerprint density at radius 2 is 2.00 bits per heavy atom. The van der Waals surface area contributed by atoms with Crippen molar-refractivity contribution in [1.29, 1.82) is 0 Å². The van der Waals surface area contributed by atoms with Gasteiger partial charge in [-0.05, 0) is 42.6 Å². The van der Waals surface area contributed by atoms with Gasteiger partial charge in [0, 0.05) is 18.3 Å². The van der Waals surface area contributed by atoms with Crippen LogP contribution >= 0.6 is 22.7 Å². The molecule has 0 spiro atoms. The van der Waals surface area contributed by atoms with Crippen LogP contribution in [0.1, 0.15) is 12.6 Å². The monoisotopic (exact) mass is 434 g/mol. The number of fused-ring (bicyclic) bond motifs is 1. The number of thiophene rings is 1. The fourth-order valence-electron chi connectivity index (χ4n) is 2.69. The van der Waals surface area contributed by atoms with Crippen molar-refractivity contribution >= 4 is 37.7 Å². The number of ether oxygens (including phenoxy) is 1. The van der Waals surface area contributed by atoms with E-state index in [0.717, 1.165) is 15.5 Å². The van der Waals surface area contributed by atoms with Gasteiger partial charge in [0.15, 0.2) is 5.82 Å². The molecule has 3 heterocycles. The van der Waals surface area contributed by atoms with Crippen molar-refractivity contribution < 1.29 is 13.2 Å². The molecule has 0 aliphatic heterocycles. The lowest BCUT2D eigenvalue weighted by molar-refractivity contribution is 0.340. The van der Waals surface area contributed by atoms with Gasteiger partial charge in [-0.2, -0.15) is 4.98 Å². The van der Waals surface area contributed by atoms with Crippen LogP contribution in [0.15, 0.2) is 52.1 Å². The highest BCUT2D eigenvalue weighted by Gasteiger charge is 2.15. The second kappa shape index (κ2) is 8.00. The van der Waals surface area contributed by atoms with Crippen molar-refractivity contribution in [2.75, 3.05) is 13.2 Å². The SMILES string of the molecule is CCOc1ccc(S(=O)(=O)NCCc2csc3nc(-c4cccs4)nn23)cc1. The number of thiazole rings is 1. The van der Waals surface area contributed by atoms with Gasteiger partial charge in [-0.25, -0.2) is 17.7 Å². The molecule has 0 saturated carbocycles. The van der Waals surface area contributed by atoms with Gasteiger partial charge in [0.1, 0.15) is 5.75 Å². The number of nitrogens with zero attached hydrogens (tertiary/aromatic N) is 3. The largest absolute Gasteiger partial charge is 0.494 e. The Morgan fingerprint density at radius 1 is 1.18 bits per heavy atom. The van der Waals surface area contributed by atoms with Crippen LogP contribution in [0.5, 0.6) is 5.75 Å². The molecule has 0 fully saturated rings. The molecule has 7 nitrogen and oxygen atoms in total. The molecule has 146 valence electrons. The molecule has 10 heteroatoms. The summed E-state index contributed by atoms with van der Waals surface area (Å²) in [5.74, 6) is 1.34. The molecule has 0 atom stereocenters. The first-order valence-electron chi connectivity index (χ1n) is 8.66. The Bertz CT molecular complexity index is 1160. The maximum Gasteiger partial charge on any atom is 0.240 e. The van der Waals surface area contributed by atoms with E-state index < -0.39 is 10.0 Å². The molecule has 1 aromatic carbocycles. The van der Waals surface area contributed by atoms with E-state index in [9.17, 15) is 8.42 Å². The summed E-state index contributed by atoms with van der Waals surface area (Å²) in [7, 11) is -3.57. The van der Waals surface area contributed by atoms with E-state index in [2.05, 4.69) is 14.8 Å². The lowest BCUT2D eigenvalue weighted by Gasteiger charge is -2.08. The predicted molar refractivity (Wildman–Crippen MR) is 111 cm³/mol. The smallest absolute Gasteiger partial charge is 0.240 e. The zero-order valence-corrected chi connectivity index (χ0v) is 17.5. The Hall–Kier alpha value is -2.27. The number of sulfonamides is 1. The molecule has 0 aliphatic rings. The van der Waals surface area contributed by atoms with Gasteiger partial charge in [-0.15, -0.1) is 27.8 Å². The molecule has 4 aromatic rings. The van der Waals surface area contributed by atoms with E-state index in [1.165, 1.54) is 11.3 Å². The predicted octanol–water partition coefficient (Wildman–Crippen LogP) is 3.44. The quantitative estimate of drug-likeness (QED) is 0.459. The van der Waals surface area contributed by atoms with E-state index in [1.807, 2.05) is 29.8 Å². The number of rotatable bonds is 8. The van der Waals surface area contributed by atoms with Gasteiger partial charge in [0.25, 0.3) is 0 Å². The van der Waals surface area contributed by atoms with Crippen molar-refractivity contribution in [3.05, 3.63) is 52.9 Å². The molecule has 0 amide bonds. The molecule has 1 N–H and O–H groups in total. The van der Waals surface area contributed by atoms with E-state index in [1.54, 1.807) is 40.1 Å². The molecule has 28 heavy (non-hydrogen) atoms. The summed E-state index contributed by atoms with van der Waals surface area (Å²) < 4.78 is 34.7. The molecule has 3 aromatic heterocycles. The second-order valence-electron chi connectivity index (χ2n) is 5.89. The third-order valence-electron chi connectivity index (χ3n) is 4.01. The molecular formula is C18H18N4O3S3. The lowest BCUT2D eigenvalue weighted by Crippen LogP contribution is -2.26. The van der Waals surface area contributed by atoms with Crippen molar-refractivity contribution in [2.45, 2.75) is 18.2 Å². The lowest BCUT2D eigenvalue weighted by atomic mass is 10.3. The third kappa shape index (κ3) is 3.95. The Morgan fingerprint density at radius 3 is 2.71 bits per heavy atom. The third-order valence-corrected chi connectivity index (χ3v) is 7.22. The Labute approximate surface area is 170 Å². The first-order valence-corrected chi connectivity index (χ1v) is 11.9. The first kappa shape index (κ1) is 19.1. The zero-order chi connectivity index (χ0) is 19.6. The van der Waals surface area contributed by atoms with E-state index in [0.29, 0.717) is 24.6 Å². The highest BCUT2D eigenvalue weighted by atomic mass is 32.2. The molecule has 0 bridgehead atoms. The minimum atomic E-state index is -3.57. The summed E-state index contributed by atoms with van der Waals surface area (Å²) in [4.78, 5) is 6.56. The van der Waals surface area contributed by atoms with Gasteiger partial charge < -0.3 is 4.74 Å². The normalized spacial score (nSPS) is 11.9. The second-order valence-corrected chi connectivity index (χ2v) is 9.44. The molecular weight excluding hydrogens is 416 g/mol. The summed E-state index contributed by atoms with van der Waals surface area (Å²) in [5.41, 5.74) is 0.921. The van der Waals surface area contributed by atoms with Crippen LogP contribution in [-0.2, 0) is 16.4 Å². The van der Waals surface area contributed by atoms with Crippen molar-refractivity contribution in [1.82, 2.24) is 19.3 Å². The fraction of sp³-hybridized carbons (Fsp3) is 0.222. The maximum atomic E-state index is 12.5. The highest BCUT2D eigenvalue weighted by Crippen LogP contribution is 2.24. The minimum absolute atomic E-state index is 0.215. The summed E-state index contributed by atoms with van der Waals surface area (Å²) in [6.07, 6.45) is 0.517. The van der Waals surface area contributed by atoms with Crippen molar-refractivity contribution in [3.8, 4) is 16.5 Å². The number of benzene rings is 1. The Kier molecular flexibility index (Phi) is 5.44. The molecule has 0 aliphatic carbocycles. The van der Waals surface area contributed by atoms with Gasteiger partial charge in [0.2, 0.25) is 15.0 Å². The van der Waals surface area contributed by atoms with Gasteiger partial charge >= 0.3 is 0 Å². The van der Waals surface area contributed by atoms with Crippen LogP contribution in [0.3, 0.4) is 0 Å². The van der Waals surface area contributed by atoms with Crippen LogP contribution in [0.2, 0.25) is 0 Å². The summed E-state index contributed by atoms with van der Waals surface area (Å²) in [5, 5.41) is 8.50. The van der Waals surface area contributed by atoms with Gasteiger partial charge in [-0.3, -0.25) is 0 Å². The van der Waals surface area contributed by atoms with Crippen LogP contribution in [0.4, 0.5) is 0 Å². The standard InChI is InChI=1S/C18H18N4O3S3/c1-2-25-14-5-7-15(8-6-14)28(23,24)19-10-9-13-12-27-18-20-17(21-22(13)18)16-4-3-11-26-16/h3-8,11-12,19H,2,9-10H2,1H3. The topological polar surface area (TPSA) is 85.6 Å². The van der Waals surface area contributed by atoms with Crippen LogP contribution in [0.25, 0.3) is 15.7 Å². The van der Waals surface area contributed by atoms with Crippen LogP contribution in [0, 0.1) is 0 Å². The van der Waals surface area contributed by atoms with E-state index in [-0.39, 0.29) is 11.4 Å². The molecule has 4 rings (SSSR count). The van der Waals surface area contributed by atoms with Crippen LogP contribution < -0.4 is 9.46 Å². The highest BCUT2D eigenvalue weighted by molar-refractivity contribution is 7.89. The summed E-state index contributed by atoms with van der Waals surface area (Å²) >= 11 is 3.08. The molecule has 0 radical (unpaired) electrons. The van der Waals surface area contributed by atoms with E-state index >= 15 is 0 Å². The van der Waals surface area contributed by atoms with Crippen molar-refractivity contribution in [2.24, 2.45) is 0 Å². The summed E-state index contributed by atoms with van der Waals surface area (Å²) in [6.45, 7) is 2.69. The summed E-state index contributed by atoms with van der Waals surface area (Å²) in [6, 6.07) is 10.3. The zero-order valence-electron chi connectivity index (χ0n) is 15.0. The van der Waals surface area contributed by atoms with Crippen molar-refractivity contribution in [3.63, 3.8) is 0 Å². The number of aromatic nitrogens is 3. The fourth-order valence-corrected chi connectivity index (χ4v) is 5.23. The number of nitrogens with one attached hydrogen (secondary N) is 1. The molecule has 0 saturated heterocycles. The van der Waals surface area contributed by atoms with Gasteiger partial charge in [0.05, 0.1) is 22.1 Å². The molecule has 0 unspecified atom stereocenters. The maximum absolute atomic E-state index is 12.5. The first-order chi connectivity index (χ1) is 13.6. The average Bonchev–Trinajstić information content (AvgIpc) is 3.40. The number of hydrogen-bond acceptors (Lipinski definition) is 7.